The van der Waals surface area contributed by atoms with Crippen LogP contribution in [0, 0.1) is 17.3 Å². The van der Waals surface area contributed by atoms with Gasteiger partial charge in [-0.3, -0.25) is 0 Å². The molecule has 1 aromatic heterocycles. The predicted molar refractivity (Wildman–Crippen MR) is 72.2 cm³/mol. The Labute approximate surface area is 105 Å². The molecule has 0 saturated heterocycles. The standard InChI is InChI=1S/C14H25N3/c1-10-8-15-13-7-12(16-17(13)9-10)6-11(2)14(3,4)5/h7,10-11,15H,6,8-9H2,1-5H3. The third-order valence-corrected chi connectivity index (χ3v) is 3.94. The summed E-state index contributed by atoms with van der Waals surface area (Å²) in [5, 5.41) is 8.15. The first kappa shape index (κ1) is 12.5. The Morgan fingerprint density at radius 2 is 2.24 bits per heavy atom. The van der Waals surface area contributed by atoms with E-state index in [2.05, 4.69) is 50.7 Å². The van der Waals surface area contributed by atoms with Crippen LogP contribution in [0.5, 0.6) is 0 Å². The van der Waals surface area contributed by atoms with E-state index in [4.69, 9.17) is 5.10 Å². The highest BCUT2D eigenvalue weighted by Gasteiger charge is 2.23. The topological polar surface area (TPSA) is 29.9 Å². The van der Waals surface area contributed by atoms with Crippen LogP contribution in [0.2, 0.25) is 0 Å². The lowest BCUT2D eigenvalue weighted by Gasteiger charge is -2.26. The van der Waals surface area contributed by atoms with E-state index in [0.717, 1.165) is 19.5 Å². The van der Waals surface area contributed by atoms with Gasteiger partial charge in [-0.15, -0.1) is 0 Å². The summed E-state index contributed by atoms with van der Waals surface area (Å²) in [6, 6.07) is 2.22. The summed E-state index contributed by atoms with van der Waals surface area (Å²) < 4.78 is 2.12. The minimum absolute atomic E-state index is 0.352. The minimum Gasteiger partial charge on any atom is -0.370 e. The maximum atomic E-state index is 4.71. The first-order chi connectivity index (χ1) is 7.86. The molecule has 17 heavy (non-hydrogen) atoms. The van der Waals surface area contributed by atoms with Crippen LogP contribution in [0.15, 0.2) is 6.07 Å². The fourth-order valence-corrected chi connectivity index (χ4v) is 2.11. The molecule has 1 aromatic rings. The van der Waals surface area contributed by atoms with Crippen molar-refractivity contribution >= 4 is 5.82 Å². The molecule has 0 spiro atoms. The summed E-state index contributed by atoms with van der Waals surface area (Å²) in [6.07, 6.45) is 1.07. The number of nitrogens with one attached hydrogen (secondary N) is 1. The summed E-state index contributed by atoms with van der Waals surface area (Å²) in [6.45, 7) is 13.6. The second-order valence-electron chi connectivity index (χ2n) is 6.66. The van der Waals surface area contributed by atoms with Gasteiger partial charge in [0.15, 0.2) is 0 Å². The van der Waals surface area contributed by atoms with Crippen LogP contribution in [0.4, 0.5) is 5.82 Å². The normalized spacial score (nSPS) is 21.8. The summed E-state index contributed by atoms with van der Waals surface area (Å²) in [5.74, 6) is 2.52. The highest BCUT2D eigenvalue weighted by Crippen LogP contribution is 2.29. The summed E-state index contributed by atoms with van der Waals surface area (Å²) in [7, 11) is 0. The lowest BCUT2D eigenvalue weighted by Crippen LogP contribution is -2.25. The molecule has 1 aliphatic rings. The highest BCUT2D eigenvalue weighted by molar-refractivity contribution is 5.38. The van der Waals surface area contributed by atoms with E-state index in [0.29, 0.717) is 17.3 Å². The predicted octanol–water partition coefficient (Wildman–Crippen LogP) is 3.17. The van der Waals surface area contributed by atoms with E-state index in [9.17, 15) is 0 Å². The third kappa shape index (κ3) is 2.82. The summed E-state index contributed by atoms with van der Waals surface area (Å²) in [5.41, 5.74) is 1.58. The Morgan fingerprint density at radius 3 is 2.88 bits per heavy atom. The van der Waals surface area contributed by atoms with Crippen LogP contribution < -0.4 is 5.32 Å². The average molecular weight is 235 g/mol. The van der Waals surface area contributed by atoms with E-state index in [1.165, 1.54) is 11.5 Å². The Kier molecular flexibility index (Phi) is 3.19. The van der Waals surface area contributed by atoms with E-state index < -0.39 is 0 Å². The van der Waals surface area contributed by atoms with E-state index in [-0.39, 0.29) is 0 Å². The molecular weight excluding hydrogens is 210 g/mol. The number of fused-ring (bicyclic) bond motifs is 1. The Morgan fingerprint density at radius 1 is 1.53 bits per heavy atom. The SMILES string of the molecule is CC1CNc2cc(CC(C)C(C)(C)C)nn2C1. The first-order valence-corrected chi connectivity index (χ1v) is 6.67. The molecule has 2 atom stereocenters. The number of hydrogen-bond acceptors (Lipinski definition) is 2. The molecule has 0 fully saturated rings. The van der Waals surface area contributed by atoms with Crippen molar-refractivity contribution in [3.8, 4) is 0 Å². The molecule has 0 amide bonds. The summed E-state index contributed by atoms with van der Waals surface area (Å²) >= 11 is 0. The van der Waals surface area contributed by atoms with Crippen molar-refractivity contribution in [1.29, 1.82) is 0 Å². The van der Waals surface area contributed by atoms with Gasteiger partial charge in [-0.25, -0.2) is 4.68 Å². The van der Waals surface area contributed by atoms with Gasteiger partial charge in [-0.1, -0.05) is 34.6 Å². The number of nitrogens with zero attached hydrogens (tertiary/aromatic N) is 2. The average Bonchev–Trinajstić information content (AvgIpc) is 2.57. The number of anilines is 1. The van der Waals surface area contributed by atoms with Gasteiger partial charge in [0.05, 0.1) is 5.69 Å². The van der Waals surface area contributed by atoms with Crippen LogP contribution in [0.3, 0.4) is 0 Å². The number of aromatic nitrogens is 2. The molecule has 0 radical (unpaired) electrons. The lowest BCUT2D eigenvalue weighted by atomic mass is 9.79. The van der Waals surface area contributed by atoms with Crippen molar-refractivity contribution in [2.75, 3.05) is 11.9 Å². The zero-order valence-corrected chi connectivity index (χ0v) is 11.7. The molecule has 2 rings (SSSR count). The molecule has 96 valence electrons. The van der Waals surface area contributed by atoms with Gasteiger partial charge in [0.1, 0.15) is 5.82 Å². The fraction of sp³-hybridized carbons (Fsp3) is 0.786. The molecule has 2 unspecified atom stereocenters. The van der Waals surface area contributed by atoms with Gasteiger partial charge in [0, 0.05) is 19.2 Å². The van der Waals surface area contributed by atoms with Crippen molar-refractivity contribution in [3.05, 3.63) is 11.8 Å². The van der Waals surface area contributed by atoms with Crippen LogP contribution >= 0.6 is 0 Å². The monoisotopic (exact) mass is 235 g/mol. The van der Waals surface area contributed by atoms with Crippen LogP contribution in [0.1, 0.15) is 40.3 Å². The van der Waals surface area contributed by atoms with Gasteiger partial charge in [-0.05, 0) is 23.7 Å². The second kappa shape index (κ2) is 4.35. The molecule has 1 aliphatic heterocycles. The maximum Gasteiger partial charge on any atom is 0.124 e. The maximum absolute atomic E-state index is 4.71. The van der Waals surface area contributed by atoms with Crippen LogP contribution in [-0.4, -0.2) is 16.3 Å². The Bertz CT molecular complexity index is 387. The molecule has 0 aliphatic carbocycles. The van der Waals surface area contributed by atoms with E-state index in [1.807, 2.05) is 0 Å². The molecule has 2 heterocycles. The van der Waals surface area contributed by atoms with Crippen molar-refractivity contribution in [2.45, 2.75) is 47.6 Å². The van der Waals surface area contributed by atoms with Gasteiger partial charge in [0.25, 0.3) is 0 Å². The first-order valence-electron chi connectivity index (χ1n) is 6.67. The molecule has 0 saturated carbocycles. The minimum atomic E-state index is 0.352. The highest BCUT2D eigenvalue weighted by atomic mass is 15.3. The van der Waals surface area contributed by atoms with Gasteiger partial charge >= 0.3 is 0 Å². The van der Waals surface area contributed by atoms with Gasteiger partial charge in [-0.2, -0.15) is 5.10 Å². The van der Waals surface area contributed by atoms with Crippen molar-refractivity contribution < 1.29 is 0 Å². The fourth-order valence-electron chi connectivity index (χ4n) is 2.11. The number of rotatable bonds is 2. The van der Waals surface area contributed by atoms with Gasteiger partial charge < -0.3 is 5.32 Å². The van der Waals surface area contributed by atoms with E-state index in [1.54, 1.807) is 0 Å². The van der Waals surface area contributed by atoms with Crippen LogP contribution in [0.25, 0.3) is 0 Å². The van der Waals surface area contributed by atoms with Gasteiger partial charge in [0.2, 0.25) is 0 Å². The summed E-state index contributed by atoms with van der Waals surface area (Å²) in [4.78, 5) is 0. The van der Waals surface area contributed by atoms with Crippen molar-refractivity contribution in [3.63, 3.8) is 0 Å². The van der Waals surface area contributed by atoms with Crippen molar-refractivity contribution in [2.24, 2.45) is 17.3 Å². The smallest absolute Gasteiger partial charge is 0.124 e. The Hall–Kier alpha value is -0.990. The molecule has 0 aromatic carbocycles. The third-order valence-electron chi connectivity index (χ3n) is 3.94. The lowest BCUT2D eigenvalue weighted by molar-refractivity contribution is 0.258. The largest absolute Gasteiger partial charge is 0.370 e. The zero-order valence-electron chi connectivity index (χ0n) is 11.7. The number of hydrogen-bond donors (Lipinski definition) is 1. The Balaban J connectivity index is 2.09. The van der Waals surface area contributed by atoms with Crippen LogP contribution in [-0.2, 0) is 13.0 Å². The quantitative estimate of drug-likeness (QED) is 0.853. The molecule has 0 bridgehead atoms. The second-order valence-corrected chi connectivity index (χ2v) is 6.66. The molecule has 3 nitrogen and oxygen atoms in total. The molecule has 3 heteroatoms. The zero-order chi connectivity index (χ0) is 12.6. The van der Waals surface area contributed by atoms with Crippen molar-refractivity contribution in [1.82, 2.24) is 9.78 Å². The van der Waals surface area contributed by atoms with E-state index >= 15 is 0 Å². The molecule has 1 N–H and O–H groups in total. The molecular formula is C14H25N3.